The third-order valence-electron chi connectivity index (χ3n) is 3.76. The van der Waals surface area contributed by atoms with Crippen LogP contribution in [0.1, 0.15) is 23.9 Å². The lowest BCUT2D eigenvalue weighted by Crippen LogP contribution is -2.14. The van der Waals surface area contributed by atoms with Crippen molar-refractivity contribution in [1.82, 2.24) is 15.2 Å². The van der Waals surface area contributed by atoms with E-state index in [4.69, 9.17) is 9.47 Å². The molecule has 2 heterocycles. The quantitative estimate of drug-likeness (QED) is 0.884. The molecule has 0 unspecified atom stereocenters. The van der Waals surface area contributed by atoms with Gasteiger partial charge in [0.15, 0.2) is 5.82 Å². The Labute approximate surface area is 123 Å². The lowest BCUT2D eigenvalue weighted by Gasteiger charge is -2.14. The molecule has 0 bridgehead atoms. The highest BCUT2D eigenvalue weighted by Crippen LogP contribution is 2.33. The maximum absolute atomic E-state index is 5.75. The van der Waals surface area contributed by atoms with E-state index >= 15 is 0 Å². The highest BCUT2D eigenvalue weighted by Gasteiger charge is 2.32. The molecule has 6 nitrogen and oxygen atoms in total. The molecule has 1 aromatic carbocycles. The fourth-order valence-electron chi connectivity index (χ4n) is 2.61. The van der Waals surface area contributed by atoms with Crippen molar-refractivity contribution in [3.05, 3.63) is 35.7 Å². The Morgan fingerprint density at radius 3 is 3.10 bits per heavy atom. The molecule has 1 aromatic heterocycles. The lowest BCUT2D eigenvalue weighted by atomic mass is 10.0. The largest absolute Gasteiger partial charge is 0.384 e. The zero-order valence-electron chi connectivity index (χ0n) is 12.3. The highest BCUT2D eigenvalue weighted by molar-refractivity contribution is 5.57. The molecule has 1 fully saturated rings. The van der Waals surface area contributed by atoms with Crippen molar-refractivity contribution in [2.75, 3.05) is 25.6 Å². The molecule has 112 valence electrons. The number of rotatable bonds is 5. The smallest absolute Gasteiger partial charge is 0.246 e. The molecule has 0 spiro atoms. The second-order valence-corrected chi connectivity index (χ2v) is 5.28. The molecular weight excluding hydrogens is 268 g/mol. The van der Waals surface area contributed by atoms with Gasteiger partial charge in [0.2, 0.25) is 5.95 Å². The summed E-state index contributed by atoms with van der Waals surface area (Å²) in [4.78, 5) is 4.50. The van der Waals surface area contributed by atoms with Crippen LogP contribution in [0.2, 0.25) is 0 Å². The lowest BCUT2D eigenvalue weighted by molar-refractivity contribution is 0.0539. The van der Waals surface area contributed by atoms with Gasteiger partial charge in [0.25, 0.3) is 0 Å². The van der Waals surface area contributed by atoms with Crippen LogP contribution in [-0.4, -0.2) is 35.5 Å². The van der Waals surface area contributed by atoms with E-state index in [-0.39, 0.29) is 6.10 Å². The SMILES string of the molecule is COC[C@@H]1CCO[C@@H]1c1nc(Nc2ccccc2C)n[nH]1. The summed E-state index contributed by atoms with van der Waals surface area (Å²) in [5, 5.41) is 10.4. The van der Waals surface area contributed by atoms with Gasteiger partial charge in [-0.1, -0.05) is 18.2 Å². The van der Waals surface area contributed by atoms with Gasteiger partial charge in [-0.2, -0.15) is 4.98 Å². The number of methoxy groups -OCH3 is 1. The Bertz CT molecular complexity index is 599. The van der Waals surface area contributed by atoms with E-state index in [0.717, 1.165) is 30.1 Å². The van der Waals surface area contributed by atoms with Crippen molar-refractivity contribution >= 4 is 11.6 Å². The Morgan fingerprint density at radius 1 is 1.43 bits per heavy atom. The van der Waals surface area contributed by atoms with Gasteiger partial charge in [-0.05, 0) is 25.0 Å². The zero-order valence-corrected chi connectivity index (χ0v) is 12.3. The van der Waals surface area contributed by atoms with Crippen molar-refractivity contribution in [2.45, 2.75) is 19.4 Å². The van der Waals surface area contributed by atoms with E-state index in [1.165, 1.54) is 0 Å². The molecular formula is C15H20N4O2. The second-order valence-electron chi connectivity index (χ2n) is 5.28. The van der Waals surface area contributed by atoms with Crippen LogP contribution in [0, 0.1) is 12.8 Å². The molecule has 2 atom stereocenters. The fourth-order valence-corrected chi connectivity index (χ4v) is 2.61. The number of anilines is 2. The van der Waals surface area contributed by atoms with Gasteiger partial charge in [0, 0.05) is 25.3 Å². The minimum absolute atomic E-state index is 0.0649. The number of para-hydroxylation sites is 1. The highest BCUT2D eigenvalue weighted by atomic mass is 16.5. The van der Waals surface area contributed by atoms with Gasteiger partial charge in [0.1, 0.15) is 6.10 Å². The number of hydrogen-bond donors (Lipinski definition) is 2. The van der Waals surface area contributed by atoms with E-state index in [2.05, 4.69) is 20.5 Å². The number of aryl methyl sites for hydroxylation is 1. The fraction of sp³-hybridized carbons (Fsp3) is 0.467. The van der Waals surface area contributed by atoms with Crippen molar-refractivity contribution in [1.29, 1.82) is 0 Å². The molecule has 21 heavy (non-hydrogen) atoms. The number of H-pyrrole nitrogens is 1. The van der Waals surface area contributed by atoms with Crippen LogP contribution < -0.4 is 5.32 Å². The predicted octanol–water partition coefficient (Wildman–Crippen LogP) is 2.58. The number of nitrogens with one attached hydrogen (secondary N) is 2. The topological polar surface area (TPSA) is 72.1 Å². The van der Waals surface area contributed by atoms with Crippen LogP contribution in [0.25, 0.3) is 0 Å². The monoisotopic (exact) mass is 288 g/mol. The average Bonchev–Trinajstić information content (AvgIpc) is 3.11. The first-order valence-electron chi connectivity index (χ1n) is 7.13. The second kappa shape index (κ2) is 6.24. The molecule has 0 saturated carbocycles. The molecule has 1 aliphatic rings. The van der Waals surface area contributed by atoms with E-state index in [9.17, 15) is 0 Å². The van der Waals surface area contributed by atoms with Gasteiger partial charge < -0.3 is 14.8 Å². The zero-order chi connectivity index (χ0) is 14.7. The first kappa shape index (κ1) is 14.0. The summed E-state index contributed by atoms with van der Waals surface area (Å²) in [6.07, 6.45) is 0.921. The molecule has 6 heteroatoms. The summed E-state index contributed by atoms with van der Waals surface area (Å²) < 4.78 is 11.0. The number of aromatic amines is 1. The minimum atomic E-state index is -0.0649. The van der Waals surface area contributed by atoms with Crippen molar-refractivity contribution < 1.29 is 9.47 Å². The minimum Gasteiger partial charge on any atom is -0.384 e. The number of aromatic nitrogens is 3. The molecule has 0 radical (unpaired) electrons. The van der Waals surface area contributed by atoms with Crippen LogP contribution in [0.5, 0.6) is 0 Å². The molecule has 0 amide bonds. The van der Waals surface area contributed by atoms with Crippen LogP contribution in [0.3, 0.4) is 0 Å². The van der Waals surface area contributed by atoms with Gasteiger partial charge in [-0.15, -0.1) is 5.10 Å². The number of benzene rings is 1. The summed E-state index contributed by atoms with van der Waals surface area (Å²) in [5.41, 5.74) is 2.15. The third-order valence-corrected chi connectivity index (χ3v) is 3.76. The first-order chi connectivity index (χ1) is 10.3. The normalized spacial score (nSPS) is 21.6. The Kier molecular flexibility index (Phi) is 4.17. The molecule has 2 aromatic rings. The molecule has 0 aliphatic carbocycles. The van der Waals surface area contributed by atoms with Gasteiger partial charge in [0.05, 0.1) is 6.61 Å². The van der Waals surface area contributed by atoms with E-state index in [1.807, 2.05) is 31.2 Å². The van der Waals surface area contributed by atoms with Crippen molar-refractivity contribution in [3.63, 3.8) is 0 Å². The van der Waals surface area contributed by atoms with Crippen molar-refractivity contribution in [2.24, 2.45) is 5.92 Å². The van der Waals surface area contributed by atoms with Gasteiger partial charge in [-0.3, -0.25) is 5.10 Å². The van der Waals surface area contributed by atoms with Gasteiger partial charge in [-0.25, -0.2) is 0 Å². The maximum atomic E-state index is 5.75. The van der Waals surface area contributed by atoms with Crippen LogP contribution in [-0.2, 0) is 9.47 Å². The summed E-state index contributed by atoms with van der Waals surface area (Å²) >= 11 is 0. The van der Waals surface area contributed by atoms with Crippen LogP contribution in [0.15, 0.2) is 24.3 Å². The Morgan fingerprint density at radius 2 is 2.29 bits per heavy atom. The number of hydrogen-bond acceptors (Lipinski definition) is 5. The summed E-state index contributed by atoms with van der Waals surface area (Å²) in [7, 11) is 1.71. The predicted molar refractivity (Wildman–Crippen MR) is 79.5 cm³/mol. The number of ether oxygens (including phenoxy) is 2. The van der Waals surface area contributed by atoms with Crippen LogP contribution >= 0.6 is 0 Å². The third kappa shape index (κ3) is 3.06. The standard InChI is InChI=1S/C15H20N4O2/c1-10-5-3-4-6-12(10)16-15-17-14(18-19-15)13-11(9-20-2)7-8-21-13/h3-6,11,13H,7-9H2,1-2H3,(H2,16,17,18,19)/t11-,13-/m0/s1. The maximum Gasteiger partial charge on any atom is 0.246 e. The summed E-state index contributed by atoms with van der Waals surface area (Å²) in [6, 6.07) is 8.04. The van der Waals surface area contributed by atoms with Crippen LogP contribution in [0.4, 0.5) is 11.6 Å². The van der Waals surface area contributed by atoms with E-state index in [0.29, 0.717) is 18.5 Å². The number of nitrogens with zero attached hydrogens (tertiary/aromatic N) is 2. The van der Waals surface area contributed by atoms with E-state index in [1.54, 1.807) is 7.11 Å². The summed E-state index contributed by atoms with van der Waals surface area (Å²) in [5.74, 6) is 1.64. The average molecular weight is 288 g/mol. The van der Waals surface area contributed by atoms with Gasteiger partial charge >= 0.3 is 0 Å². The molecule has 1 aliphatic heterocycles. The molecule has 2 N–H and O–H groups in total. The molecule has 1 saturated heterocycles. The Hall–Kier alpha value is -1.92. The Balaban J connectivity index is 1.73. The molecule has 3 rings (SSSR count). The van der Waals surface area contributed by atoms with Crippen molar-refractivity contribution in [3.8, 4) is 0 Å². The summed E-state index contributed by atoms with van der Waals surface area (Å²) in [6.45, 7) is 3.45. The van der Waals surface area contributed by atoms with E-state index < -0.39 is 0 Å². The first-order valence-corrected chi connectivity index (χ1v) is 7.13.